The summed E-state index contributed by atoms with van der Waals surface area (Å²) in [4.78, 5) is 13.2. The maximum atomic E-state index is 11.6. The van der Waals surface area contributed by atoms with Crippen molar-refractivity contribution in [3.63, 3.8) is 0 Å². The molecule has 0 bridgehead atoms. The first-order valence-electron chi connectivity index (χ1n) is 6.22. The van der Waals surface area contributed by atoms with Gasteiger partial charge in [0.05, 0.1) is 19.0 Å². The normalized spacial score (nSPS) is 17.8. The highest BCUT2D eigenvalue weighted by Crippen LogP contribution is 2.16. The van der Waals surface area contributed by atoms with Gasteiger partial charge in [-0.15, -0.1) is 0 Å². The highest BCUT2D eigenvalue weighted by molar-refractivity contribution is 7.86. The number of ether oxygens (including phenoxy) is 1. The SMILES string of the molecule is CCCCOC(=O)N1CCC(OS(C)(=O)=O)CC1. The minimum absolute atomic E-state index is 0.318. The smallest absolute Gasteiger partial charge is 0.409 e. The van der Waals surface area contributed by atoms with Crippen LogP contribution in [0.1, 0.15) is 32.6 Å². The number of hydrogen-bond acceptors (Lipinski definition) is 5. The van der Waals surface area contributed by atoms with Crippen LogP contribution >= 0.6 is 0 Å². The van der Waals surface area contributed by atoms with Gasteiger partial charge in [0, 0.05) is 13.1 Å². The van der Waals surface area contributed by atoms with Crippen molar-refractivity contribution in [3.8, 4) is 0 Å². The van der Waals surface area contributed by atoms with Gasteiger partial charge in [-0.25, -0.2) is 4.79 Å². The molecule has 0 aromatic carbocycles. The van der Waals surface area contributed by atoms with Gasteiger partial charge in [0.2, 0.25) is 0 Å². The zero-order valence-electron chi connectivity index (χ0n) is 10.9. The highest BCUT2D eigenvalue weighted by atomic mass is 32.2. The first kappa shape index (κ1) is 15.2. The van der Waals surface area contributed by atoms with Crippen LogP contribution < -0.4 is 0 Å². The summed E-state index contributed by atoms with van der Waals surface area (Å²) in [7, 11) is -3.41. The van der Waals surface area contributed by atoms with E-state index in [1.54, 1.807) is 4.90 Å². The van der Waals surface area contributed by atoms with Crippen LogP contribution in [0.2, 0.25) is 0 Å². The molecule has 1 heterocycles. The molecule has 1 amide bonds. The van der Waals surface area contributed by atoms with Crippen molar-refractivity contribution in [2.45, 2.75) is 38.7 Å². The summed E-state index contributed by atoms with van der Waals surface area (Å²) in [6, 6.07) is 0. The predicted octanol–water partition coefficient (Wildman–Crippen LogP) is 1.36. The van der Waals surface area contributed by atoms with Crippen LogP contribution in [0.25, 0.3) is 0 Å². The lowest BCUT2D eigenvalue weighted by molar-refractivity contribution is 0.0694. The van der Waals surface area contributed by atoms with E-state index in [1.807, 2.05) is 6.92 Å². The number of carbonyl (C=O) groups excluding carboxylic acids is 1. The number of piperidine rings is 1. The average molecular weight is 279 g/mol. The van der Waals surface area contributed by atoms with E-state index < -0.39 is 10.1 Å². The number of rotatable bonds is 5. The van der Waals surface area contributed by atoms with Crippen molar-refractivity contribution in [2.24, 2.45) is 0 Å². The van der Waals surface area contributed by atoms with Gasteiger partial charge in [-0.2, -0.15) is 8.42 Å². The molecule has 1 aliphatic heterocycles. The number of likely N-dealkylation sites (tertiary alicyclic amines) is 1. The lowest BCUT2D eigenvalue weighted by atomic mass is 10.1. The van der Waals surface area contributed by atoms with Crippen LogP contribution in [0, 0.1) is 0 Å². The third kappa shape index (κ3) is 5.68. The summed E-state index contributed by atoms with van der Waals surface area (Å²) in [5.41, 5.74) is 0. The predicted molar refractivity (Wildman–Crippen MR) is 66.8 cm³/mol. The van der Waals surface area contributed by atoms with E-state index in [2.05, 4.69) is 0 Å². The molecule has 0 radical (unpaired) electrons. The van der Waals surface area contributed by atoms with Gasteiger partial charge in [0.25, 0.3) is 10.1 Å². The molecule has 0 atom stereocenters. The fraction of sp³-hybridized carbons (Fsp3) is 0.909. The summed E-state index contributed by atoms with van der Waals surface area (Å²) in [6.45, 7) is 3.42. The standard InChI is InChI=1S/C11H21NO5S/c1-3-4-9-16-11(13)12-7-5-10(6-8-12)17-18(2,14)15/h10H,3-9H2,1-2H3. The van der Waals surface area contributed by atoms with Gasteiger partial charge in [0.15, 0.2) is 0 Å². The molecule has 0 aromatic rings. The molecule has 0 aromatic heterocycles. The average Bonchev–Trinajstić information content (AvgIpc) is 2.28. The maximum absolute atomic E-state index is 11.6. The molecule has 1 saturated heterocycles. The van der Waals surface area contributed by atoms with E-state index in [1.165, 1.54) is 0 Å². The Morgan fingerprint density at radius 3 is 2.44 bits per heavy atom. The van der Waals surface area contributed by atoms with Crippen molar-refractivity contribution in [2.75, 3.05) is 26.0 Å². The van der Waals surface area contributed by atoms with Gasteiger partial charge in [0.1, 0.15) is 0 Å². The number of amides is 1. The van der Waals surface area contributed by atoms with E-state index in [0.717, 1.165) is 19.1 Å². The quantitative estimate of drug-likeness (QED) is 0.561. The van der Waals surface area contributed by atoms with Crippen LogP contribution in [-0.4, -0.2) is 51.5 Å². The van der Waals surface area contributed by atoms with Crippen molar-refractivity contribution >= 4 is 16.2 Å². The molecule has 0 saturated carbocycles. The second kappa shape index (κ2) is 6.94. The minimum atomic E-state index is -3.41. The number of nitrogens with zero attached hydrogens (tertiary/aromatic N) is 1. The first-order valence-corrected chi connectivity index (χ1v) is 8.04. The molecule has 0 N–H and O–H groups in total. The number of hydrogen-bond donors (Lipinski definition) is 0. The van der Waals surface area contributed by atoms with E-state index in [-0.39, 0.29) is 12.2 Å². The largest absolute Gasteiger partial charge is 0.449 e. The van der Waals surface area contributed by atoms with Crippen molar-refractivity contribution in [3.05, 3.63) is 0 Å². The molecule has 106 valence electrons. The molecule has 0 spiro atoms. The number of unbranched alkanes of at least 4 members (excludes halogenated alkanes) is 1. The third-order valence-corrected chi connectivity index (χ3v) is 3.36. The molecule has 1 fully saturated rings. The monoisotopic (exact) mass is 279 g/mol. The Hall–Kier alpha value is -0.820. The van der Waals surface area contributed by atoms with Crippen molar-refractivity contribution in [1.29, 1.82) is 0 Å². The third-order valence-electron chi connectivity index (χ3n) is 2.73. The lowest BCUT2D eigenvalue weighted by Crippen LogP contribution is -2.41. The Morgan fingerprint density at radius 2 is 1.94 bits per heavy atom. The van der Waals surface area contributed by atoms with Crippen LogP contribution in [-0.2, 0) is 19.0 Å². The van der Waals surface area contributed by atoms with Crippen LogP contribution in [0.4, 0.5) is 4.79 Å². The molecule has 1 rings (SSSR count). The number of carbonyl (C=O) groups is 1. The van der Waals surface area contributed by atoms with Crippen LogP contribution in [0.5, 0.6) is 0 Å². The molecule has 1 aliphatic rings. The van der Waals surface area contributed by atoms with Gasteiger partial charge >= 0.3 is 6.09 Å². The van der Waals surface area contributed by atoms with Crippen molar-refractivity contribution in [1.82, 2.24) is 4.90 Å². The Labute approximate surface area is 108 Å². The van der Waals surface area contributed by atoms with Crippen LogP contribution in [0.3, 0.4) is 0 Å². The molecular formula is C11H21NO5S. The second-order valence-electron chi connectivity index (χ2n) is 4.45. The first-order chi connectivity index (χ1) is 8.42. The van der Waals surface area contributed by atoms with E-state index in [9.17, 15) is 13.2 Å². The van der Waals surface area contributed by atoms with Gasteiger partial charge < -0.3 is 9.64 Å². The zero-order chi connectivity index (χ0) is 13.6. The van der Waals surface area contributed by atoms with E-state index in [4.69, 9.17) is 8.92 Å². The zero-order valence-corrected chi connectivity index (χ0v) is 11.7. The minimum Gasteiger partial charge on any atom is -0.449 e. The Morgan fingerprint density at radius 1 is 1.33 bits per heavy atom. The van der Waals surface area contributed by atoms with Gasteiger partial charge in [-0.1, -0.05) is 13.3 Å². The lowest BCUT2D eigenvalue weighted by Gasteiger charge is -2.30. The van der Waals surface area contributed by atoms with Crippen LogP contribution in [0.15, 0.2) is 0 Å². The second-order valence-corrected chi connectivity index (χ2v) is 6.06. The fourth-order valence-corrected chi connectivity index (χ4v) is 2.46. The van der Waals surface area contributed by atoms with E-state index >= 15 is 0 Å². The molecule has 0 aliphatic carbocycles. The van der Waals surface area contributed by atoms with Crippen molar-refractivity contribution < 1.29 is 22.1 Å². The van der Waals surface area contributed by atoms with Gasteiger partial charge in [-0.05, 0) is 19.3 Å². The maximum Gasteiger partial charge on any atom is 0.409 e. The highest BCUT2D eigenvalue weighted by Gasteiger charge is 2.26. The molecule has 7 heteroatoms. The Bertz CT molecular complexity index is 360. The molecule has 0 unspecified atom stereocenters. The fourth-order valence-electron chi connectivity index (χ4n) is 1.78. The Balaban J connectivity index is 2.28. The summed E-state index contributed by atoms with van der Waals surface area (Å²) in [5, 5.41) is 0. The summed E-state index contributed by atoms with van der Waals surface area (Å²) >= 11 is 0. The summed E-state index contributed by atoms with van der Waals surface area (Å²) in [5.74, 6) is 0. The molecule has 6 nitrogen and oxygen atoms in total. The molecular weight excluding hydrogens is 258 g/mol. The Kier molecular flexibility index (Phi) is 5.87. The topological polar surface area (TPSA) is 72.9 Å². The van der Waals surface area contributed by atoms with Gasteiger partial charge in [-0.3, -0.25) is 4.18 Å². The summed E-state index contributed by atoms with van der Waals surface area (Å²) < 4.78 is 31.9. The van der Waals surface area contributed by atoms with E-state index in [0.29, 0.717) is 32.5 Å². The molecule has 18 heavy (non-hydrogen) atoms. The summed E-state index contributed by atoms with van der Waals surface area (Å²) in [6.07, 6.45) is 3.29.